The number of ether oxygens (including phenoxy) is 1. The average molecular weight is 349 g/mol. The lowest BCUT2D eigenvalue weighted by Crippen LogP contribution is -2.39. The third-order valence-corrected chi connectivity index (χ3v) is 4.76. The minimum atomic E-state index is -0.208. The first kappa shape index (κ1) is 17.3. The van der Waals surface area contributed by atoms with Gasteiger partial charge in [0.05, 0.1) is 5.69 Å². The normalized spacial score (nSPS) is 20.5. The van der Waals surface area contributed by atoms with Crippen molar-refractivity contribution in [2.45, 2.75) is 38.6 Å². The topological polar surface area (TPSA) is 52.3 Å². The number of halogens is 1. The van der Waals surface area contributed by atoms with Gasteiger partial charge in [0.15, 0.2) is 0 Å². The molecule has 1 aliphatic heterocycles. The van der Waals surface area contributed by atoms with Crippen molar-refractivity contribution in [3.05, 3.63) is 46.8 Å². The molecule has 1 aliphatic rings. The highest BCUT2D eigenvalue weighted by molar-refractivity contribution is 6.31. The van der Waals surface area contributed by atoms with E-state index in [1.54, 1.807) is 7.11 Å². The molecule has 3 unspecified atom stereocenters. The summed E-state index contributed by atoms with van der Waals surface area (Å²) in [6, 6.07) is 8.48. The molecular formula is C18H25ClN4O. The van der Waals surface area contributed by atoms with E-state index in [0.29, 0.717) is 6.04 Å². The van der Waals surface area contributed by atoms with Crippen molar-refractivity contribution in [3.8, 4) is 0 Å². The Labute approximate surface area is 148 Å². The molecule has 130 valence electrons. The molecule has 1 aromatic heterocycles. The van der Waals surface area contributed by atoms with E-state index in [2.05, 4.69) is 41.8 Å². The molecule has 2 aromatic rings. The zero-order valence-corrected chi connectivity index (χ0v) is 15.3. The van der Waals surface area contributed by atoms with Gasteiger partial charge in [0, 0.05) is 48.4 Å². The number of methoxy groups -OCH3 is 1. The lowest BCUT2D eigenvalue weighted by molar-refractivity contribution is 0.0625. The summed E-state index contributed by atoms with van der Waals surface area (Å²) in [6.07, 6.45) is 2.93. The van der Waals surface area contributed by atoms with Gasteiger partial charge in [0.1, 0.15) is 6.23 Å². The van der Waals surface area contributed by atoms with Gasteiger partial charge in [-0.15, -0.1) is 0 Å². The van der Waals surface area contributed by atoms with Crippen LogP contribution in [-0.4, -0.2) is 36.2 Å². The van der Waals surface area contributed by atoms with Crippen LogP contribution in [0.1, 0.15) is 32.2 Å². The number of aromatic amines is 1. The predicted molar refractivity (Wildman–Crippen MR) is 98.7 cm³/mol. The molecule has 0 saturated heterocycles. The fourth-order valence-corrected chi connectivity index (χ4v) is 3.51. The van der Waals surface area contributed by atoms with E-state index in [9.17, 15) is 0 Å². The first-order valence-electron chi connectivity index (χ1n) is 8.29. The molecule has 0 saturated carbocycles. The van der Waals surface area contributed by atoms with Crippen molar-refractivity contribution < 1.29 is 4.74 Å². The summed E-state index contributed by atoms with van der Waals surface area (Å²) in [6.45, 7) is 4.35. The van der Waals surface area contributed by atoms with Crippen molar-refractivity contribution in [2.75, 3.05) is 14.2 Å². The summed E-state index contributed by atoms with van der Waals surface area (Å²) in [5, 5.41) is 7.45. The van der Waals surface area contributed by atoms with Crippen LogP contribution in [-0.2, 0) is 4.74 Å². The molecule has 3 N–H and O–H groups in total. The van der Waals surface area contributed by atoms with Crippen LogP contribution in [0.15, 0.2) is 36.0 Å². The van der Waals surface area contributed by atoms with E-state index < -0.39 is 0 Å². The van der Waals surface area contributed by atoms with Gasteiger partial charge in [-0.1, -0.05) is 18.5 Å². The Morgan fingerprint density at radius 3 is 2.79 bits per heavy atom. The molecule has 3 rings (SSSR count). The Bertz CT molecular complexity index is 742. The van der Waals surface area contributed by atoms with Crippen molar-refractivity contribution >= 4 is 22.5 Å². The molecule has 5 nitrogen and oxygen atoms in total. The number of nitrogens with zero attached hydrogens (tertiary/aromatic N) is 1. The number of fused-ring (bicyclic) bond motifs is 1. The first-order chi connectivity index (χ1) is 11.5. The summed E-state index contributed by atoms with van der Waals surface area (Å²) in [7, 11) is 3.74. The van der Waals surface area contributed by atoms with Crippen LogP contribution in [0.3, 0.4) is 0 Å². The Morgan fingerprint density at radius 2 is 2.17 bits per heavy atom. The summed E-state index contributed by atoms with van der Waals surface area (Å²) in [4.78, 5) is 3.42. The number of H-pyrrole nitrogens is 1. The lowest BCUT2D eigenvalue weighted by Gasteiger charge is -2.26. The molecular weight excluding hydrogens is 324 g/mol. The number of benzene rings is 1. The number of nitrogens with one attached hydrogen (secondary N) is 3. The summed E-state index contributed by atoms with van der Waals surface area (Å²) in [5.74, 6) is 0. The second kappa shape index (κ2) is 7.15. The van der Waals surface area contributed by atoms with E-state index in [0.717, 1.165) is 28.0 Å². The van der Waals surface area contributed by atoms with E-state index in [1.807, 2.05) is 30.3 Å². The minimum absolute atomic E-state index is 0.208. The highest BCUT2D eigenvalue weighted by atomic mass is 35.5. The van der Waals surface area contributed by atoms with Crippen LogP contribution in [0.2, 0.25) is 5.02 Å². The van der Waals surface area contributed by atoms with Crippen molar-refractivity contribution in [1.29, 1.82) is 0 Å². The van der Waals surface area contributed by atoms with Crippen molar-refractivity contribution in [2.24, 2.45) is 0 Å². The standard InChI is InChI=1S/C18H25ClN4O/c1-5-15(14-10-23(3)22-11(14)2)21-18(24-4)17-9-12-8-13(19)6-7-16(12)20-17/h6-11,15,18,20-22H,5H2,1-4H3. The summed E-state index contributed by atoms with van der Waals surface area (Å²) >= 11 is 6.08. The molecule has 0 aliphatic carbocycles. The van der Waals surface area contributed by atoms with Gasteiger partial charge in [-0.05, 0) is 43.2 Å². The molecule has 24 heavy (non-hydrogen) atoms. The average Bonchev–Trinajstić information content (AvgIpc) is 3.11. The predicted octanol–water partition coefficient (Wildman–Crippen LogP) is 3.56. The second-order valence-electron chi connectivity index (χ2n) is 6.29. The Kier molecular flexibility index (Phi) is 5.15. The van der Waals surface area contributed by atoms with Crippen LogP contribution in [0, 0.1) is 0 Å². The Morgan fingerprint density at radius 1 is 1.38 bits per heavy atom. The first-order valence-corrected chi connectivity index (χ1v) is 8.67. The molecule has 2 heterocycles. The summed E-state index contributed by atoms with van der Waals surface area (Å²) < 4.78 is 5.71. The Hall–Kier alpha value is -1.53. The summed E-state index contributed by atoms with van der Waals surface area (Å²) in [5.41, 5.74) is 6.77. The quantitative estimate of drug-likeness (QED) is 0.699. The molecule has 3 atom stereocenters. The molecule has 0 radical (unpaired) electrons. The van der Waals surface area contributed by atoms with Gasteiger partial charge in [0.2, 0.25) is 0 Å². The molecule has 0 fully saturated rings. The maximum Gasteiger partial charge on any atom is 0.149 e. The SMILES string of the molecule is CCC(NC(OC)c1cc2cc(Cl)ccc2[nH]1)C1=CN(C)NC1C. The maximum atomic E-state index is 6.08. The third kappa shape index (κ3) is 3.44. The molecule has 0 bridgehead atoms. The Balaban J connectivity index is 1.83. The number of rotatable bonds is 6. The van der Waals surface area contributed by atoms with Crippen LogP contribution in [0.4, 0.5) is 0 Å². The fraction of sp³-hybridized carbons (Fsp3) is 0.444. The van der Waals surface area contributed by atoms with Crippen LogP contribution < -0.4 is 10.7 Å². The smallest absolute Gasteiger partial charge is 0.149 e. The number of hydrogen-bond acceptors (Lipinski definition) is 4. The molecule has 1 aromatic carbocycles. The van der Waals surface area contributed by atoms with Gasteiger partial charge >= 0.3 is 0 Å². The van der Waals surface area contributed by atoms with Gasteiger partial charge in [0.25, 0.3) is 0 Å². The van der Waals surface area contributed by atoms with Gasteiger partial charge < -0.3 is 14.7 Å². The second-order valence-corrected chi connectivity index (χ2v) is 6.73. The van der Waals surface area contributed by atoms with E-state index >= 15 is 0 Å². The molecule has 6 heteroatoms. The van der Waals surface area contributed by atoms with Gasteiger partial charge in [-0.2, -0.15) is 0 Å². The third-order valence-electron chi connectivity index (χ3n) is 4.52. The van der Waals surface area contributed by atoms with Gasteiger partial charge in [-0.25, -0.2) is 5.43 Å². The lowest BCUT2D eigenvalue weighted by atomic mass is 10.00. The van der Waals surface area contributed by atoms with Crippen LogP contribution in [0.25, 0.3) is 10.9 Å². The highest BCUT2D eigenvalue weighted by Gasteiger charge is 2.27. The number of aromatic nitrogens is 1. The van der Waals surface area contributed by atoms with Crippen molar-refractivity contribution in [1.82, 2.24) is 20.7 Å². The van der Waals surface area contributed by atoms with Crippen LogP contribution in [0.5, 0.6) is 0 Å². The molecule has 0 spiro atoms. The van der Waals surface area contributed by atoms with E-state index in [1.165, 1.54) is 5.57 Å². The van der Waals surface area contributed by atoms with E-state index in [-0.39, 0.29) is 12.3 Å². The highest BCUT2D eigenvalue weighted by Crippen LogP contribution is 2.26. The number of hydrogen-bond donors (Lipinski definition) is 3. The van der Waals surface area contributed by atoms with Crippen molar-refractivity contribution in [3.63, 3.8) is 0 Å². The van der Waals surface area contributed by atoms with Crippen LogP contribution >= 0.6 is 11.6 Å². The molecule has 0 amide bonds. The van der Waals surface area contributed by atoms with Gasteiger partial charge in [-0.3, -0.25) is 5.32 Å². The monoisotopic (exact) mass is 348 g/mol. The number of hydrazine groups is 1. The fourth-order valence-electron chi connectivity index (χ4n) is 3.33. The maximum absolute atomic E-state index is 6.08. The minimum Gasteiger partial charge on any atom is -0.361 e. The zero-order valence-electron chi connectivity index (χ0n) is 14.6. The van der Waals surface area contributed by atoms with E-state index in [4.69, 9.17) is 16.3 Å². The zero-order chi connectivity index (χ0) is 17.3. The largest absolute Gasteiger partial charge is 0.361 e.